The van der Waals surface area contributed by atoms with Crippen molar-refractivity contribution in [3.63, 3.8) is 0 Å². The van der Waals surface area contributed by atoms with Crippen LogP contribution in [0.25, 0.3) is 0 Å². The van der Waals surface area contributed by atoms with Gasteiger partial charge in [0.1, 0.15) is 5.82 Å². The summed E-state index contributed by atoms with van der Waals surface area (Å²) < 4.78 is 14.7. The van der Waals surface area contributed by atoms with Gasteiger partial charge in [-0.15, -0.1) is 0 Å². The smallest absolute Gasteiger partial charge is 0.200 e. The van der Waals surface area contributed by atoms with E-state index in [-0.39, 0.29) is 11.9 Å². The SMILES string of the molecule is Cc1cn(C(C)c2ccc(F)cc2)c(N)n1. The van der Waals surface area contributed by atoms with Gasteiger partial charge in [-0.1, -0.05) is 12.1 Å². The number of aryl methyl sites for hydroxylation is 1. The molecule has 0 bridgehead atoms. The molecule has 4 heteroatoms. The Morgan fingerprint density at radius 3 is 2.44 bits per heavy atom. The predicted molar refractivity (Wildman–Crippen MR) is 61.6 cm³/mol. The van der Waals surface area contributed by atoms with Gasteiger partial charge in [0, 0.05) is 6.20 Å². The van der Waals surface area contributed by atoms with Crippen LogP contribution in [0.2, 0.25) is 0 Å². The molecule has 0 saturated heterocycles. The van der Waals surface area contributed by atoms with E-state index in [9.17, 15) is 4.39 Å². The molecule has 1 unspecified atom stereocenters. The maximum Gasteiger partial charge on any atom is 0.200 e. The summed E-state index contributed by atoms with van der Waals surface area (Å²) in [5.41, 5.74) is 7.67. The van der Waals surface area contributed by atoms with E-state index in [0.717, 1.165) is 11.3 Å². The summed E-state index contributed by atoms with van der Waals surface area (Å²) in [6.07, 6.45) is 1.89. The normalized spacial score (nSPS) is 12.7. The van der Waals surface area contributed by atoms with Crippen LogP contribution in [0.3, 0.4) is 0 Å². The van der Waals surface area contributed by atoms with E-state index in [1.54, 1.807) is 12.1 Å². The fraction of sp³-hybridized carbons (Fsp3) is 0.250. The monoisotopic (exact) mass is 219 g/mol. The highest BCUT2D eigenvalue weighted by molar-refractivity contribution is 5.28. The summed E-state index contributed by atoms with van der Waals surface area (Å²) in [4.78, 5) is 4.14. The highest BCUT2D eigenvalue weighted by Gasteiger charge is 2.11. The van der Waals surface area contributed by atoms with Gasteiger partial charge in [-0.3, -0.25) is 0 Å². The molecule has 2 rings (SSSR count). The minimum atomic E-state index is -0.231. The number of halogens is 1. The molecule has 0 amide bonds. The molecule has 1 atom stereocenters. The number of nitrogen functional groups attached to an aromatic ring is 1. The van der Waals surface area contributed by atoms with Gasteiger partial charge in [0.2, 0.25) is 5.95 Å². The molecule has 1 aromatic carbocycles. The number of hydrogen-bond acceptors (Lipinski definition) is 2. The first-order chi connectivity index (χ1) is 7.58. The summed E-state index contributed by atoms with van der Waals surface area (Å²) in [5, 5.41) is 0. The lowest BCUT2D eigenvalue weighted by molar-refractivity contribution is 0.618. The van der Waals surface area contributed by atoms with E-state index in [0.29, 0.717) is 5.95 Å². The Kier molecular flexibility index (Phi) is 2.64. The van der Waals surface area contributed by atoms with Crippen molar-refractivity contribution in [1.29, 1.82) is 0 Å². The van der Waals surface area contributed by atoms with Crippen LogP contribution in [0.5, 0.6) is 0 Å². The molecular formula is C12H14FN3. The van der Waals surface area contributed by atoms with Crippen molar-refractivity contribution in [2.24, 2.45) is 0 Å². The number of rotatable bonds is 2. The molecular weight excluding hydrogens is 205 g/mol. The number of nitrogens with zero attached hydrogens (tertiary/aromatic N) is 2. The molecule has 0 radical (unpaired) electrons. The molecule has 2 aromatic rings. The van der Waals surface area contributed by atoms with E-state index in [2.05, 4.69) is 4.98 Å². The van der Waals surface area contributed by atoms with Gasteiger partial charge in [0.05, 0.1) is 11.7 Å². The van der Waals surface area contributed by atoms with Gasteiger partial charge in [-0.25, -0.2) is 9.37 Å². The average Bonchev–Trinajstić information content (AvgIpc) is 2.58. The van der Waals surface area contributed by atoms with Crippen LogP contribution in [-0.4, -0.2) is 9.55 Å². The first kappa shape index (κ1) is 10.7. The van der Waals surface area contributed by atoms with Crippen molar-refractivity contribution < 1.29 is 4.39 Å². The van der Waals surface area contributed by atoms with Gasteiger partial charge >= 0.3 is 0 Å². The topological polar surface area (TPSA) is 43.8 Å². The van der Waals surface area contributed by atoms with Crippen molar-refractivity contribution >= 4 is 5.95 Å². The molecule has 3 nitrogen and oxygen atoms in total. The Labute approximate surface area is 93.7 Å². The zero-order valence-corrected chi connectivity index (χ0v) is 9.31. The van der Waals surface area contributed by atoms with Crippen molar-refractivity contribution in [2.45, 2.75) is 19.9 Å². The van der Waals surface area contributed by atoms with E-state index >= 15 is 0 Å². The van der Waals surface area contributed by atoms with E-state index < -0.39 is 0 Å². The summed E-state index contributed by atoms with van der Waals surface area (Å²) >= 11 is 0. The number of imidazole rings is 1. The number of hydrogen-bond donors (Lipinski definition) is 1. The fourth-order valence-electron chi connectivity index (χ4n) is 1.75. The Morgan fingerprint density at radius 1 is 1.31 bits per heavy atom. The Hall–Kier alpha value is -1.84. The van der Waals surface area contributed by atoms with Crippen LogP contribution in [0.1, 0.15) is 24.2 Å². The van der Waals surface area contributed by atoms with E-state index in [4.69, 9.17) is 5.73 Å². The molecule has 0 fully saturated rings. The lowest BCUT2D eigenvalue weighted by Gasteiger charge is -2.14. The maximum atomic E-state index is 12.8. The van der Waals surface area contributed by atoms with Crippen molar-refractivity contribution in [3.8, 4) is 0 Å². The highest BCUT2D eigenvalue weighted by atomic mass is 19.1. The second-order valence-electron chi connectivity index (χ2n) is 3.88. The van der Waals surface area contributed by atoms with Crippen molar-refractivity contribution in [1.82, 2.24) is 9.55 Å². The molecule has 0 spiro atoms. The van der Waals surface area contributed by atoms with Gasteiger partial charge in [0.15, 0.2) is 0 Å². The summed E-state index contributed by atoms with van der Waals surface area (Å²) in [5.74, 6) is 0.250. The van der Waals surface area contributed by atoms with Crippen molar-refractivity contribution in [2.75, 3.05) is 5.73 Å². The molecule has 0 aliphatic carbocycles. The van der Waals surface area contributed by atoms with Crippen LogP contribution in [0.4, 0.5) is 10.3 Å². The lowest BCUT2D eigenvalue weighted by atomic mass is 10.1. The largest absolute Gasteiger partial charge is 0.369 e. The zero-order valence-electron chi connectivity index (χ0n) is 9.31. The third kappa shape index (κ3) is 1.91. The molecule has 16 heavy (non-hydrogen) atoms. The van der Waals surface area contributed by atoms with Gasteiger partial charge < -0.3 is 10.3 Å². The van der Waals surface area contributed by atoms with Crippen LogP contribution >= 0.6 is 0 Å². The number of aromatic nitrogens is 2. The fourth-order valence-corrected chi connectivity index (χ4v) is 1.75. The molecule has 0 saturated carbocycles. The van der Waals surface area contributed by atoms with Crippen LogP contribution in [0.15, 0.2) is 30.5 Å². The molecule has 0 aliphatic heterocycles. The Bertz CT molecular complexity index is 487. The predicted octanol–water partition coefficient (Wildman–Crippen LogP) is 2.52. The quantitative estimate of drug-likeness (QED) is 0.843. The first-order valence-corrected chi connectivity index (χ1v) is 5.14. The standard InChI is InChI=1S/C12H14FN3/c1-8-7-16(12(14)15-8)9(2)10-3-5-11(13)6-4-10/h3-7,9H,1-2H3,(H2,14,15). The van der Waals surface area contributed by atoms with Gasteiger partial charge in [-0.2, -0.15) is 0 Å². The minimum absolute atomic E-state index is 0.0572. The third-order valence-electron chi connectivity index (χ3n) is 2.65. The Balaban J connectivity index is 2.35. The first-order valence-electron chi connectivity index (χ1n) is 5.14. The van der Waals surface area contributed by atoms with Gasteiger partial charge in [-0.05, 0) is 31.5 Å². The molecule has 1 heterocycles. The van der Waals surface area contributed by atoms with Gasteiger partial charge in [0.25, 0.3) is 0 Å². The second-order valence-corrected chi connectivity index (χ2v) is 3.88. The van der Waals surface area contributed by atoms with Crippen LogP contribution in [-0.2, 0) is 0 Å². The molecule has 0 aliphatic rings. The zero-order chi connectivity index (χ0) is 11.7. The molecule has 2 N–H and O–H groups in total. The van der Waals surface area contributed by atoms with Crippen LogP contribution < -0.4 is 5.73 Å². The summed E-state index contributed by atoms with van der Waals surface area (Å²) in [6.45, 7) is 3.90. The minimum Gasteiger partial charge on any atom is -0.369 e. The molecule has 1 aromatic heterocycles. The maximum absolute atomic E-state index is 12.8. The summed E-state index contributed by atoms with van der Waals surface area (Å²) in [7, 11) is 0. The number of nitrogens with two attached hydrogens (primary N) is 1. The highest BCUT2D eigenvalue weighted by Crippen LogP contribution is 2.21. The van der Waals surface area contributed by atoms with Crippen LogP contribution in [0, 0.1) is 12.7 Å². The Morgan fingerprint density at radius 2 is 1.94 bits per heavy atom. The second kappa shape index (κ2) is 3.96. The number of benzene rings is 1. The summed E-state index contributed by atoms with van der Waals surface area (Å²) in [6, 6.07) is 6.48. The molecule has 84 valence electrons. The van der Waals surface area contributed by atoms with E-state index in [1.165, 1.54) is 12.1 Å². The lowest BCUT2D eigenvalue weighted by Crippen LogP contribution is -2.09. The number of anilines is 1. The van der Waals surface area contributed by atoms with Crippen molar-refractivity contribution in [3.05, 3.63) is 47.5 Å². The third-order valence-corrected chi connectivity index (χ3v) is 2.65. The average molecular weight is 219 g/mol. The van der Waals surface area contributed by atoms with E-state index in [1.807, 2.05) is 24.6 Å².